The molecular formula is C21H23ClN2O3. The molecule has 2 aromatic carbocycles. The highest BCUT2D eigenvalue weighted by Gasteiger charge is 2.24. The molecule has 0 saturated carbocycles. The smallest absolute Gasteiger partial charge is 0.254 e. The molecule has 0 aromatic heterocycles. The molecule has 5 nitrogen and oxygen atoms in total. The molecular weight excluding hydrogens is 364 g/mol. The summed E-state index contributed by atoms with van der Waals surface area (Å²) in [6.45, 7) is 4.55. The Morgan fingerprint density at radius 2 is 1.78 bits per heavy atom. The van der Waals surface area contributed by atoms with Gasteiger partial charge in [0.2, 0.25) is 6.79 Å². The summed E-state index contributed by atoms with van der Waals surface area (Å²) < 4.78 is 10.7. The summed E-state index contributed by atoms with van der Waals surface area (Å²) in [6, 6.07) is 13.4. The van der Waals surface area contributed by atoms with E-state index in [9.17, 15) is 4.79 Å². The van der Waals surface area contributed by atoms with Crippen LogP contribution in [0.15, 0.2) is 42.5 Å². The van der Waals surface area contributed by atoms with Gasteiger partial charge in [0, 0.05) is 36.8 Å². The quantitative estimate of drug-likeness (QED) is 0.789. The van der Waals surface area contributed by atoms with E-state index in [1.807, 2.05) is 29.2 Å². The van der Waals surface area contributed by atoms with Crippen LogP contribution in [0.1, 0.15) is 22.3 Å². The van der Waals surface area contributed by atoms with Gasteiger partial charge in [0.25, 0.3) is 5.91 Å². The van der Waals surface area contributed by atoms with E-state index in [4.69, 9.17) is 21.1 Å². The van der Waals surface area contributed by atoms with Crippen molar-refractivity contribution in [3.05, 3.63) is 58.6 Å². The molecule has 0 radical (unpaired) electrons. The first-order valence-corrected chi connectivity index (χ1v) is 9.73. The predicted molar refractivity (Wildman–Crippen MR) is 105 cm³/mol. The van der Waals surface area contributed by atoms with Crippen molar-refractivity contribution < 1.29 is 14.3 Å². The minimum atomic E-state index is 0.0593. The van der Waals surface area contributed by atoms with Gasteiger partial charge in [-0.05, 0) is 49.2 Å². The number of carbonyl (C=O) groups is 1. The minimum Gasteiger partial charge on any atom is -0.454 e. The Bertz CT molecular complexity index is 819. The van der Waals surface area contributed by atoms with Crippen LogP contribution in [0.5, 0.6) is 11.5 Å². The molecule has 0 spiro atoms. The van der Waals surface area contributed by atoms with Crippen LogP contribution in [0.3, 0.4) is 0 Å². The van der Waals surface area contributed by atoms with Crippen molar-refractivity contribution in [2.45, 2.75) is 12.8 Å². The van der Waals surface area contributed by atoms with E-state index < -0.39 is 0 Å². The molecule has 1 amide bonds. The SMILES string of the molecule is O=C(c1ccc2c(c1)OCO2)N1CCN(CCCc2ccccc2Cl)CC1. The minimum absolute atomic E-state index is 0.0593. The Balaban J connectivity index is 1.25. The fourth-order valence-corrected chi connectivity index (χ4v) is 3.81. The van der Waals surface area contributed by atoms with E-state index >= 15 is 0 Å². The van der Waals surface area contributed by atoms with Crippen LogP contribution in [0, 0.1) is 0 Å². The van der Waals surface area contributed by atoms with Crippen LogP contribution in [0.25, 0.3) is 0 Å². The zero-order valence-electron chi connectivity index (χ0n) is 15.2. The molecule has 0 unspecified atom stereocenters. The number of benzene rings is 2. The summed E-state index contributed by atoms with van der Waals surface area (Å²) in [7, 11) is 0. The summed E-state index contributed by atoms with van der Waals surface area (Å²) in [6.07, 6.45) is 2.05. The molecule has 2 aliphatic heterocycles. The van der Waals surface area contributed by atoms with Crippen molar-refractivity contribution in [2.24, 2.45) is 0 Å². The average molecular weight is 387 g/mol. The second kappa shape index (κ2) is 8.19. The molecule has 2 aliphatic rings. The predicted octanol–water partition coefficient (Wildman–Crippen LogP) is 3.46. The Morgan fingerprint density at radius 3 is 2.59 bits per heavy atom. The van der Waals surface area contributed by atoms with Gasteiger partial charge in [-0.3, -0.25) is 9.69 Å². The molecule has 0 aliphatic carbocycles. The third-order valence-corrected chi connectivity index (χ3v) is 5.53. The largest absolute Gasteiger partial charge is 0.454 e. The van der Waals surface area contributed by atoms with Gasteiger partial charge in [0.1, 0.15) is 0 Å². The third kappa shape index (κ3) is 4.20. The van der Waals surface area contributed by atoms with Gasteiger partial charge in [-0.2, -0.15) is 0 Å². The number of amides is 1. The first kappa shape index (κ1) is 18.1. The van der Waals surface area contributed by atoms with Gasteiger partial charge < -0.3 is 14.4 Å². The van der Waals surface area contributed by atoms with Crippen molar-refractivity contribution in [2.75, 3.05) is 39.5 Å². The summed E-state index contributed by atoms with van der Waals surface area (Å²) >= 11 is 6.22. The second-order valence-electron chi connectivity index (χ2n) is 6.90. The first-order chi connectivity index (χ1) is 13.2. The molecule has 1 saturated heterocycles. The number of hydrogen-bond donors (Lipinski definition) is 0. The lowest BCUT2D eigenvalue weighted by molar-refractivity contribution is 0.0635. The van der Waals surface area contributed by atoms with E-state index in [2.05, 4.69) is 11.0 Å². The number of fused-ring (bicyclic) bond motifs is 1. The average Bonchev–Trinajstić information content (AvgIpc) is 3.17. The van der Waals surface area contributed by atoms with Crippen LogP contribution in [0.4, 0.5) is 0 Å². The van der Waals surface area contributed by atoms with Crippen molar-refractivity contribution in [1.82, 2.24) is 9.80 Å². The number of aryl methyl sites for hydroxylation is 1. The van der Waals surface area contributed by atoms with Crippen LogP contribution < -0.4 is 9.47 Å². The lowest BCUT2D eigenvalue weighted by Crippen LogP contribution is -2.48. The summed E-state index contributed by atoms with van der Waals surface area (Å²) in [4.78, 5) is 17.1. The van der Waals surface area contributed by atoms with Gasteiger partial charge in [-0.15, -0.1) is 0 Å². The fourth-order valence-electron chi connectivity index (χ4n) is 3.58. The van der Waals surface area contributed by atoms with Gasteiger partial charge in [-0.25, -0.2) is 0 Å². The second-order valence-corrected chi connectivity index (χ2v) is 7.30. The lowest BCUT2D eigenvalue weighted by Gasteiger charge is -2.34. The molecule has 27 heavy (non-hydrogen) atoms. The highest BCUT2D eigenvalue weighted by molar-refractivity contribution is 6.31. The number of rotatable bonds is 5. The van der Waals surface area contributed by atoms with Crippen molar-refractivity contribution >= 4 is 17.5 Å². The van der Waals surface area contributed by atoms with E-state index in [1.54, 1.807) is 12.1 Å². The molecule has 2 heterocycles. The van der Waals surface area contributed by atoms with Crippen LogP contribution >= 0.6 is 11.6 Å². The number of nitrogens with zero attached hydrogens (tertiary/aromatic N) is 2. The van der Waals surface area contributed by atoms with Gasteiger partial charge in [0.15, 0.2) is 11.5 Å². The maximum Gasteiger partial charge on any atom is 0.254 e. The van der Waals surface area contributed by atoms with E-state index in [0.717, 1.165) is 50.6 Å². The van der Waals surface area contributed by atoms with Crippen LogP contribution in [0.2, 0.25) is 5.02 Å². The van der Waals surface area contributed by atoms with Gasteiger partial charge in [0.05, 0.1) is 0 Å². The molecule has 142 valence electrons. The molecule has 0 atom stereocenters. The van der Waals surface area contributed by atoms with E-state index in [0.29, 0.717) is 17.1 Å². The summed E-state index contributed by atoms with van der Waals surface area (Å²) in [5, 5.41) is 0.844. The molecule has 6 heteroatoms. The van der Waals surface area contributed by atoms with E-state index in [-0.39, 0.29) is 12.7 Å². The summed E-state index contributed by atoms with van der Waals surface area (Å²) in [5.41, 5.74) is 1.86. The topological polar surface area (TPSA) is 42.0 Å². The van der Waals surface area contributed by atoms with Gasteiger partial charge in [-0.1, -0.05) is 29.8 Å². The zero-order chi connectivity index (χ0) is 18.6. The van der Waals surface area contributed by atoms with Crippen LogP contribution in [-0.2, 0) is 6.42 Å². The fraction of sp³-hybridized carbons (Fsp3) is 0.381. The molecule has 2 aromatic rings. The maximum absolute atomic E-state index is 12.7. The molecule has 4 rings (SSSR count). The van der Waals surface area contributed by atoms with Crippen molar-refractivity contribution in [1.29, 1.82) is 0 Å². The normalized spacial score (nSPS) is 16.6. The highest BCUT2D eigenvalue weighted by Crippen LogP contribution is 2.32. The third-order valence-electron chi connectivity index (χ3n) is 5.16. The molecule has 0 N–H and O–H groups in total. The Hall–Kier alpha value is -2.24. The Labute approximate surface area is 164 Å². The number of halogens is 1. The molecule has 1 fully saturated rings. The number of hydrogen-bond acceptors (Lipinski definition) is 4. The Kier molecular flexibility index (Phi) is 5.50. The maximum atomic E-state index is 12.7. The highest BCUT2D eigenvalue weighted by atomic mass is 35.5. The van der Waals surface area contributed by atoms with Crippen LogP contribution in [-0.4, -0.2) is 55.2 Å². The summed E-state index contributed by atoms with van der Waals surface area (Å²) in [5.74, 6) is 1.41. The van der Waals surface area contributed by atoms with E-state index in [1.165, 1.54) is 5.56 Å². The van der Waals surface area contributed by atoms with Crippen molar-refractivity contribution in [3.8, 4) is 11.5 Å². The zero-order valence-corrected chi connectivity index (χ0v) is 16.0. The van der Waals surface area contributed by atoms with Crippen molar-refractivity contribution in [3.63, 3.8) is 0 Å². The lowest BCUT2D eigenvalue weighted by atomic mass is 10.1. The number of carbonyl (C=O) groups excluding carboxylic acids is 1. The Morgan fingerprint density at radius 1 is 1.00 bits per heavy atom. The standard InChI is InChI=1S/C21H23ClN2O3/c22-18-6-2-1-4-16(18)5-3-9-23-10-12-24(13-11-23)21(25)17-7-8-19-20(14-17)27-15-26-19/h1-2,4,6-8,14H,3,5,9-13,15H2. The van der Waals surface area contributed by atoms with Gasteiger partial charge >= 0.3 is 0 Å². The first-order valence-electron chi connectivity index (χ1n) is 9.35. The number of ether oxygens (including phenoxy) is 2. The monoisotopic (exact) mass is 386 g/mol. The number of piperazine rings is 1. The molecule has 0 bridgehead atoms.